The molecule has 0 fully saturated rings. The van der Waals surface area contributed by atoms with Crippen molar-refractivity contribution in [3.05, 3.63) is 0 Å². The molecule has 0 saturated carbocycles. The van der Waals surface area contributed by atoms with E-state index in [1.807, 2.05) is 0 Å². The summed E-state index contributed by atoms with van der Waals surface area (Å²) in [5.41, 5.74) is 10.8. The number of nitrogens with two attached hydrogens (primary N) is 2. The fourth-order valence-electron chi connectivity index (χ4n) is 0.739. The molecule has 0 bridgehead atoms. The van der Waals surface area contributed by atoms with Crippen molar-refractivity contribution >= 4 is 0 Å². The monoisotopic (exact) mass is 514 g/mol. The molecule has 0 heterocycles. The molecule has 6 nitrogen and oxygen atoms in total. The van der Waals surface area contributed by atoms with Gasteiger partial charge in [0.2, 0.25) is 0 Å². The molecular weight excluding hydrogens is 501 g/mol. The van der Waals surface area contributed by atoms with E-state index in [0.29, 0.717) is 0 Å². The van der Waals surface area contributed by atoms with Gasteiger partial charge in [0.25, 0.3) is 0 Å². The molecule has 0 aliphatic carbocycles. The van der Waals surface area contributed by atoms with Crippen molar-refractivity contribution < 1.29 is 89.9 Å². The maximum Gasteiger partial charge on any atom is -1.00 e. The molecular formula is C6H15Cl4N2O4Pt. The van der Waals surface area contributed by atoms with Gasteiger partial charge in [0.15, 0.2) is 0 Å². The molecule has 8 N–H and O–H groups in total. The molecule has 111 valence electrons. The second kappa shape index (κ2) is 15.7. The minimum atomic E-state index is -1.48. The van der Waals surface area contributed by atoms with E-state index in [1.165, 1.54) is 0 Å². The van der Waals surface area contributed by atoms with Crippen LogP contribution in [0.4, 0.5) is 0 Å². The second-order valence-corrected chi connectivity index (χ2v) is 4.23. The Morgan fingerprint density at radius 2 is 1.24 bits per heavy atom. The van der Waals surface area contributed by atoms with Gasteiger partial charge in [-0.05, 0) is 0 Å². The standard InChI is InChI=1S/C6H15N2O4.4ClH.Pt/c7-1-3(8)5(11)6(12)4(10)2-9;;;;;/h1,3-6,9-12H,2,7-8H2;4*1H;/q;;;;;+4/p-4/t3-,4-,5-,6-;;;;;/m1...../s1. The molecule has 1 unspecified atom stereocenters. The number of halogens is 4. The zero-order valence-electron chi connectivity index (χ0n) is 8.37. The van der Waals surface area contributed by atoms with E-state index in [2.05, 4.69) is 0 Å². The van der Waals surface area contributed by atoms with E-state index in [-0.39, 0.29) is 49.6 Å². The molecule has 0 rings (SSSR count). The summed E-state index contributed by atoms with van der Waals surface area (Å²) in [6.45, 7) is -0.637. The topological polar surface area (TPSA) is 133 Å². The SMILES string of the molecule is N[CH]([Pt+4])[C@@H](N)[C@@H](O)[C@H](O)[C@H](O)CO.[Cl-].[Cl-].[Cl-].[Cl-]. The first-order valence-corrected chi connectivity index (χ1v) is 4.99. The molecule has 0 saturated heterocycles. The van der Waals surface area contributed by atoms with Gasteiger partial charge >= 0.3 is 87.1 Å². The Labute approximate surface area is 136 Å². The maximum atomic E-state index is 9.33. The summed E-state index contributed by atoms with van der Waals surface area (Å²) in [4.78, 5) is 0. The van der Waals surface area contributed by atoms with Crippen LogP contribution in [0.5, 0.6) is 0 Å². The van der Waals surface area contributed by atoms with E-state index >= 15 is 0 Å². The van der Waals surface area contributed by atoms with Crippen LogP contribution in [0.2, 0.25) is 0 Å². The van der Waals surface area contributed by atoms with E-state index in [1.54, 1.807) is 19.8 Å². The van der Waals surface area contributed by atoms with Crippen LogP contribution in [0.1, 0.15) is 0 Å². The van der Waals surface area contributed by atoms with Gasteiger partial charge in [-0.3, -0.25) is 0 Å². The number of hydrogen-bond donors (Lipinski definition) is 6. The summed E-state index contributed by atoms with van der Waals surface area (Å²) in [7, 11) is 0. The Bertz CT molecular complexity index is 162. The number of aliphatic hydroxyl groups excluding tert-OH is 4. The van der Waals surface area contributed by atoms with Crippen molar-refractivity contribution in [2.45, 2.75) is 28.8 Å². The first kappa shape index (κ1) is 31.2. The van der Waals surface area contributed by atoms with Crippen molar-refractivity contribution in [1.82, 2.24) is 0 Å². The minimum absolute atomic E-state index is 0. The van der Waals surface area contributed by atoms with Gasteiger partial charge in [0.1, 0.15) is 0 Å². The number of aliphatic hydroxyl groups is 4. The minimum Gasteiger partial charge on any atom is -1.00 e. The van der Waals surface area contributed by atoms with Crippen molar-refractivity contribution in [3.63, 3.8) is 0 Å². The van der Waals surface area contributed by atoms with Gasteiger partial charge in [-0.25, -0.2) is 0 Å². The van der Waals surface area contributed by atoms with Crippen molar-refractivity contribution in [1.29, 1.82) is 0 Å². The molecule has 0 radical (unpaired) electrons. The van der Waals surface area contributed by atoms with Crippen molar-refractivity contribution in [3.8, 4) is 0 Å². The quantitative estimate of drug-likeness (QED) is 0.215. The smallest absolute Gasteiger partial charge is 1.00 e. The van der Waals surface area contributed by atoms with E-state index in [4.69, 9.17) is 21.7 Å². The van der Waals surface area contributed by atoms with Gasteiger partial charge in [0.05, 0.1) is 0 Å². The maximum absolute atomic E-state index is 9.33. The summed E-state index contributed by atoms with van der Waals surface area (Å²) in [5, 5.41) is 36.0. The molecule has 0 aromatic rings. The van der Waals surface area contributed by atoms with Gasteiger partial charge < -0.3 is 49.6 Å². The Balaban J connectivity index is -0.000000120. The Morgan fingerprint density at radius 3 is 1.47 bits per heavy atom. The van der Waals surface area contributed by atoms with Crippen LogP contribution < -0.4 is 61.1 Å². The van der Waals surface area contributed by atoms with Crippen LogP contribution in [0.15, 0.2) is 0 Å². The molecule has 0 amide bonds. The third-order valence-corrected chi connectivity index (χ3v) is 2.54. The molecule has 0 spiro atoms. The Kier molecular flexibility index (Phi) is 28.7. The molecule has 5 atom stereocenters. The normalized spacial score (nSPS) is 17.8. The predicted molar refractivity (Wildman–Crippen MR) is 41.1 cm³/mol. The van der Waals surface area contributed by atoms with E-state index < -0.39 is 35.4 Å². The molecule has 0 aromatic heterocycles. The van der Waals surface area contributed by atoms with Crippen LogP contribution >= 0.6 is 0 Å². The summed E-state index contributed by atoms with van der Waals surface area (Å²) >= 11 is 1.77. The van der Waals surface area contributed by atoms with Crippen molar-refractivity contribution in [2.24, 2.45) is 11.5 Å². The zero-order valence-corrected chi connectivity index (χ0v) is 13.7. The Hall–Kier alpha value is 1.61. The van der Waals surface area contributed by atoms with Gasteiger partial charge in [-0.15, -0.1) is 0 Å². The first-order valence-electron chi connectivity index (χ1n) is 3.68. The molecule has 0 aliphatic heterocycles. The molecule has 17 heavy (non-hydrogen) atoms. The predicted octanol–water partition coefficient (Wildman–Crippen LogP) is -15.8. The average molecular weight is 516 g/mol. The van der Waals surface area contributed by atoms with Crippen LogP contribution in [0, 0.1) is 0 Å². The molecule has 0 aliphatic rings. The molecule has 0 aromatic carbocycles. The summed E-state index contributed by atoms with van der Waals surface area (Å²) in [6, 6.07) is -0.849. The largest absolute Gasteiger partial charge is 1.00 e. The third kappa shape index (κ3) is 11.2. The Morgan fingerprint density at radius 1 is 0.882 bits per heavy atom. The van der Waals surface area contributed by atoms with Crippen molar-refractivity contribution in [2.75, 3.05) is 6.61 Å². The van der Waals surface area contributed by atoms with Gasteiger partial charge in [-0.1, -0.05) is 0 Å². The van der Waals surface area contributed by atoms with E-state index in [0.717, 1.165) is 0 Å². The fourth-order valence-corrected chi connectivity index (χ4v) is 1.19. The van der Waals surface area contributed by atoms with E-state index in [9.17, 15) is 10.2 Å². The summed E-state index contributed by atoms with van der Waals surface area (Å²) < 4.78 is -0.532. The van der Waals surface area contributed by atoms with Crippen LogP contribution in [-0.4, -0.2) is 55.8 Å². The summed E-state index contributed by atoms with van der Waals surface area (Å²) in [5.74, 6) is 0. The number of hydrogen-bond acceptors (Lipinski definition) is 6. The molecule has 11 heteroatoms. The number of rotatable bonds is 5. The summed E-state index contributed by atoms with van der Waals surface area (Å²) in [6.07, 6.45) is -4.24. The fraction of sp³-hybridized carbons (Fsp3) is 1.00. The first-order chi connectivity index (χ1) is 5.91. The average Bonchev–Trinajstić information content (AvgIpc) is 2.12. The zero-order chi connectivity index (χ0) is 10.6. The van der Waals surface area contributed by atoms with Crippen LogP contribution in [-0.2, 0) is 19.8 Å². The van der Waals surface area contributed by atoms with Gasteiger partial charge in [0, 0.05) is 0 Å². The third-order valence-electron chi connectivity index (χ3n) is 1.67. The van der Waals surface area contributed by atoms with Crippen LogP contribution in [0.25, 0.3) is 0 Å². The van der Waals surface area contributed by atoms with Crippen LogP contribution in [0.3, 0.4) is 0 Å². The van der Waals surface area contributed by atoms with Gasteiger partial charge in [-0.2, -0.15) is 0 Å². The second-order valence-electron chi connectivity index (χ2n) is 2.71.